The van der Waals surface area contributed by atoms with Gasteiger partial charge in [-0.25, -0.2) is 0 Å². The van der Waals surface area contributed by atoms with E-state index in [0.717, 1.165) is 17.0 Å². The minimum atomic E-state index is -0.241. The molecule has 0 aromatic heterocycles. The number of nitrogens with two attached hydrogens (primary N) is 1. The molecule has 2 rings (SSSR count). The van der Waals surface area contributed by atoms with Gasteiger partial charge in [0.2, 0.25) is 5.91 Å². The number of methoxy groups -OCH3 is 1. The highest BCUT2D eigenvalue weighted by Gasteiger charge is 2.28. The first-order valence-electron chi connectivity index (χ1n) is 6.85. The molecule has 1 aliphatic heterocycles. The third kappa shape index (κ3) is 4.09. The van der Waals surface area contributed by atoms with Crippen LogP contribution in [0.25, 0.3) is 0 Å². The molecule has 118 valence electrons. The molecular weight excluding hydrogens is 292 g/mol. The highest BCUT2D eigenvalue weighted by Crippen LogP contribution is 2.34. The largest absolute Gasteiger partial charge is 0.487 e. The van der Waals surface area contributed by atoms with Crippen molar-refractivity contribution in [1.29, 1.82) is 0 Å². The van der Waals surface area contributed by atoms with Crippen LogP contribution < -0.4 is 15.4 Å². The van der Waals surface area contributed by atoms with E-state index in [1.165, 1.54) is 0 Å². The lowest BCUT2D eigenvalue weighted by Crippen LogP contribution is -2.44. The summed E-state index contributed by atoms with van der Waals surface area (Å²) in [7, 11) is 1.57. The van der Waals surface area contributed by atoms with Crippen molar-refractivity contribution in [3.05, 3.63) is 23.8 Å². The molecule has 2 unspecified atom stereocenters. The Morgan fingerprint density at radius 1 is 1.57 bits per heavy atom. The van der Waals surface area contributed by atoms with Crippen LogP contribution in [0.2, 0.25) is 0 Å². The predicted octanol–water partition coefficient (Wildman–Crippen LogP) is 1.89. The molecule has 0 radical (unpaired) electrons. The molecule has 0 spiro atoms. The average Bonchev–Trinajstić information content (AvgIpc) is 2.43. The van der Waals surface area contributed by atoms with Crippen molar-refractivity contribution in [2.24, 2.45) is 5.73 Å². The molecule has 1 aromatic carbocycles. The maximum Gasteiger partial charge on any atom is 0.229 e. The maximum absolute atomic E-state index is 12.5. The Hall–Kier alpha value is -1.30. The van der Waals surface area contributed by atoms with Gasteiger partial charge in [-0.3, -0.25) is 4.79 Å². The number of rotatable bonds is 4. The normalized spacial score (nSPS) is 18.3. The minimum Gasteiger partial charge on any atom is -0.487 e. The molecule has 1 amide bonds. The fraction of sp³-hybridized carbons (Fsp3) is 0.533. The van der Waals surface area contributed by atoms with E-state index < -0.39 is 0 Å². The summed E-state index contributed by atoms with van der Waals surface area (Å²) in [5, 5.41) is 0. The van der Waals surface area contributed by atoms with E-state index >= 15 is 0 Å². The number of hydrogen-bond donors (Lipinski definition) is 1. The lowest BCUT2D eigenvalue weighted by Gasteiger charge is -2.34. The van der Waals surface area contributed by atoms with E-state index in [1.54, 1.807) is 12.0 Å². The number of benzene rings is 1. The highest BCUT2D eigenvalue weighted by molar-refractivity contribution is 5.95. The molecule has 1 aromatic rings. The van der Waals surface area contributed by atoms with Crippen LogP contribution in [0.1, 0.15) is 18.9 Å². The molecule has 0 bridgehead atoms. The average molecular weight is 315 g/mol. The molecule has 1 heterocycles. The number of halogens is 1. The van der Waals surface area contributed by atoms with Crippen LogP contribution in [0, 0.1) is 6.92 Å². The number of carbonyl (C=O) groups excluding carboxylic acids is 1. The Morgan fingerprint density at radius 2 is 2.29 bits per heavy atom. The Labute approximate surface area is 131 Å². The zero-order valence-corrected chi connectivity index (χ0v) is 13.5. The van der Waals surface area contributed by atoms with Gasteiger partial charge in [0, 0.05) is 13.7 Å². The van der Waals surface area contributed by atoms with E-state index in [1.807, 2.05) is 32.0 Å². The Bertz CT molecular complexity index is 492. The summed E-state index contributed by atoms with van der Waals surface area (Å²) in [5.41, 5.74) is 7.52. The van der Waals surface area contributed by atoms with Crippen molar-refractivity contribution < 1.29 is 14.3 Å². The van der Waals surface area contributed by atoms with Gasteiger partial charge in [-0.2, -0.15) is 0 Å². The van der Waals surface area contributed by atoms with Crippen LogP contribution in [0.15, 0.2) is 18.2 Å². The zero-order chi connectivity index (χ0) is 14.7. The van der Waals surface area contributed by atoms with Gasteiger partial charge in [-0.05, 0) is 31.5 Å². The molecule has 21 heavy (non-hydrogen) atoms. The number of nitrogens with zero attached hydrogens (tertiary/aromatic N) is 1. The van der Waals surface area contributed by atoms with Crippen molar-refractivity contribution in [2.75, 3.05) is 25.1 Å². The summed E-state index contributed by atoms with van der Waals surface area (Å²) in [4.78, 5) is 14.2. The summed E-state index contributed by atoms with van der Waals surface area (Å²) in [6.07, 6.45) is 0.0224. The molecular formula is C15H23ClN2O3. The van der Waals surface area contributed by atoms with Gasteiger partial charge < -0.3 is 20.1 Å². The second kappa shape index (κ2) is 7.64. The predicted molar refractivity (Wildman–Crippen MR) is 85.3 cm³/mol. The lowest BCUT2D eigenvalue weighted by atomic mass is 10.1. The van der Waals surface area contributed by atoms with Crippen molar-refractivity contribution in [2.45, 2.75) is 32.5 Å². The minimum absolute atomic E-state index is 0. The summed E-state index contributed by atoms with van der Waals surface area (Å²) in [6.45, 7) is 4.85. The SMILES string of the molecule is COC(CN)CC(=O)N1CC(C)Oc2cc(C)ccc21.Cl. The van der Waals surface area contributed by atoms with Gasteiger partial charge in [0.05, 0.1) is 24.8 Å². The standard InChI is InChI=1S/C15H22N2O3.ClH/c1-10-4-5-13-14(6-10)20-11(2)9-17(13)15(18)7-12(8-16)19-3;/h4-6,11-12H,7-9,16H2,1-3H3;1H. The smallest absolute Gasteiger partial charge is 0.229 e. The molecule has 0 saturated carbocycles. The first kappa shape index (κ1) is 17.8. The van der Waals surface area contributed by atoms with Crippen molar-refractivity contribution >= 4 is 24.0 Å². The van der Waals surface area contributed by atoms with Crippen LogP contribution in [0.5, 0.6) is 5.75 Å². The third-order valence-electron chi connectivity index (χ3n) is 3.47. The number of amides is 1. The topological polar surface area (TPSA) is 64.8 Å². The van der Waals surface area contributed by atoms with Crippen molar-refractivity contribution in [1.82, 2.24) is 0 Å². The van der Waals surface area contributed by atoms with Gasteiger partial charge in [-0.15, -0.1) is 12.4 Å². The summed E-state index contributed by atoms with van der Waals surface area (Å²) >= 11 is 0. The Morgan fingerprint density at radius 3 is 2.90 bits per heavy atom. The summed E-state index contributed by atoms with van der Waals surface area (Å²) in [6, 6.07) is 5.87. The van der Waals surface area contributed by atoms with E-state index in [0.29, 0.717) is 13.1 Å². The number of carbonyl (C=O) groups is 1. The highest BCUT2D eigenvalue weighted by atomic mass is 35.5. The van der Waals surface area contributed by atoms with Crippen molar-refractivity contribution in [3.63, 3.8) is 0 Å². The summed E-state index contributed by atoms with van der Waals surface area (Å²) < 4.78 is 11.0. The Kier molecular flexibility index (Phi) is 6.45. The molecule has 0 aliphatic carbocycles. The molecule has 0 saturated heterocycles. The molecule has 6 heteroatoms. The zero-order valence-electron chi connectivity index (χ0n) is 12.7. The molecule has 5 nitrogen and oxygen atoms in total. The second-order valence-corrected chi connectivity index (χ2v) is 5.20. The fourth-order valence-electron chi connectivity index (χ4n) is 2.35. The molecule has 0 fully saturated rings. The van der Waals surface area contributed by atoms with Gasteiger partial charge in [0.1, 0.15) is 11.9 Å². The van der Waals surface area contributed by atoms with Crippen molar-refractivity contribution in [3.8, 4) is 5.75 Å². The number of fused-ring (bicyclic) bond motifs is 1. The molecule has 1 aliphatic rings. The Balaban J connectivity index is 0.00000220. The van der Waals surface area contributed by atoms with Crippen LogP contribution >= 0.6 is 12.4 Å². The van der Waals surface area contributed by atoms with Gasteiger partial charge in [0.15, 0.2) is 0 Å². The molecule has 2 atom stereocenters. The van der Waals surface area contributed by atoms with E-state index in [9.17, 15) is 4.79 Å². The summed E-state index contributed by atoms with van der Waals surface area (Å²) in [5.74, 6) is 0.779. The maximum atomic E-state index is 12.5. The van der Waals surface area contributed by atoms with E-state index in [4.69, 9.17) is 15.2 Å². The number of anilines is 1. The first-order valence-corrected chi connectivity index (χ1v) is 6.85. The first-order chi connectivity index (χ1) is 9.55. The third-order valence-corrected chi connectivity index (χ3v) is 3.47. The van der Waals surface area contributed by atoms with Gasteiger partial charge in [-0.1, -0.05) is 6.07 Å². The van der Waals surface area contributed by atoms with E-state index in [2.05, 4.69) is 0 Å². The van der Waals surface area contributed by atoms with Crippen LogP contribution in [-0.4, -0.2) is 38.3 Å². The quantitative estimate of drug-likeness (QED) is 0.922. The monoisotopic (exact) mass is 314 g/mol. The number of aryl methyl sites for hydroxylation is 1. The molecule has 2 N–H and O–H groups in total. The van der Waals surface area contributed by atoms with Crippen LogP contribution in [0.4, 0.5) is 5.69 Å². The van der Waals surface area contributed by atoms with Gasteiger partial charge in [0.25, 0.3) is 0 Å². The fourth-order valence-corrected chi connectivity index (χ4v) is 2.35. The number of hydrogen-bond acceptors (Lipinski definition) is 4. The van der Waals surface area contributed by atoms with Crippen LogP contribution in [0.3, 0.4) is 0 Å². The van der Waals surface area contributed by atoms with Crippen LogP contribution in [-0.2, 0) is 9.53 Å². The van der Waals surface area contributed by atoms with Gasteiger partial charge >= 0.3 is 0 Å². The number of ether oxygens (including phenoxy) is 2. The van der Waals surface area contributed by atoms with E-state index in [-0.39, 0.29) is 36.9 Å². The second-order valence-electron chi connectivity index (χ2n) is 5.20. The lowest BCUT2D eigenvalue weighted by molar-refractivity contribution is -0.121.